The third kappa shape index (κ3) is 3.35. The Kier molecular flexibility index (Phi) is 4.23. The van der Waals surface area contributed by atoms with E-state index in [0.29, 0.717) is 6.42 Å². The number of rotatable bonds is 5. The highest BCUT2D eigenvalue weighted by atomic mass is 32.1. The predicted octanol–water partition coefficient (Wildman–Crippen LogP) is 2.92. The van der Waals surface area contributed by atoms with Crippen LogP contribution in [0.4, 0.5) is 4.39 Å². The van der Waals surface area contributed by atoms with Gasteiger partial charge in [-0.15, -0.1) is 11.3 Å². The topological polar surface area (TPSA) is 24.9 Å². The van der Waals surface area contributed by atoms with Crippen molar-refractivity contribution in [1.82, 2.24) is 10.3 Å². The van der Waals surface area contributed by atoms with E-state index in [-0.39, 0.29) is 5.82 Å². The third-order valence-electron chi connectivity index (χ3n) is 2.66. The van der Waals surface area contributed by atoms with Gasteiger partial charge in [0.25, 0.3) is 0 Å². The average molecular weight is 250 g/mol. The molecule has 0 unspecified atom stereocenters. The van der Waals surface area contributed by atoms with E-state index in [1.54, 1.807) is 17.4 Å². The van der Waals surface area contributed by atoms with Crippen molar-refractivity contribution in [2.45, 2.75) is 19.9 Å². The van der Waals surface area contributed by atoms with E-state index in [1.807, 2.05) is 24.6 Å². The minimum Gasteiger partial charge on any atom is -0.311 e. The number of aromatic nitrogens is 1. The Morgan fingerprint density at radius 3 is 2.88 bits per heavy atom. The van der Waals surface area contributed by atoms with Gasteiger partial charge in [-0.3, -0.25) is 0 Å². The molecule has 0 bridgehead atoms. The van der Waals surface area contributed by atoms with Crippen molar-refractivity contribution >= 4 is 11.3 Å². The molecule has 90 valence electrons. The van der Waals surface area contributed by atoms with Crippen LogP contribution in [0.15, 0.2) is 29.8 Å². The Labute approximate surface area is 105 Å². The van der Waals surface area contributed by atoms with Gasteiger partial charge in [0.05, 0.1) is 11.2 Å². The van der Waals surface area contributed by atoms with Crippen LogP contribution in [0.5, 0.6) is 0 Å². The highest BCUT2D eigenvalue weighted by Gasteiger charge is 2.02. The first-order valence-electron chi connectivity index (χ1n) is 5.60. The summed E-state index contributed by atoms with van der Waals surface area (Å²) in [4.78, 5) is 5.43. The van der Waals surface area contributed by atoms with Crippen molar-refractivity contribution in [1.29, 1.82) is 0 Å². The Morgan fingerprint density at radius 2 is 2.18 bits per heavy atom. The molecule has 1 aromatic carbocycles. The second-order valence-corrected chi connectivity index (χ2v) is 4.82. The molecule has 1 aromatic heterocycles. The number of nitrogens with zero attached hydrogens (tertiary/aromatic N) is 1. The first-order chi connectivity index (χ1) is 8.27. The van der Waals surface area contributed by atoms with Crippen LogP contribution in [0.3, 0.4) is 0 Å². The molecule has 0 radical (unpaired) electrons. The molecule has 0 fully saturated rings. The zero-order valence-corrected chi connectivity index (χ0v) is 10.6. The highest BCUT2D eigenvalue weighted by molar-refractivity contribution is 7.09. The van der Waals surface area contributed by atoms with Gasteiger partial charge in [0, 0.05) is 11.4 Å². The van der Waals surface area contributed by atoms with Gasteiger partial charge >= 0.3 is 0 Å². The van der Waals surface area contributed by atoms with Crippen LogP contribution >= 0.6 is 11.3 Å². The fourth-order valence-corrected chi connectivity index (χ4v) is 2.37. The fourth-order valence-electron chi connectivity index (χ4n) is 1.62. The summed E-state index contributed by atoms with van der Waals surface area (Å²) in [7, 11) is 0. The summed E-state index contributed by atoms with van der Waals surface area (Å²) in [5, 5.41) is 3.31. The van der Waals surface area contributed by atoms with Gasteiger partial charge in [-0.2, -0.15) is 0 Å². The van der Waals surface area contributed by atoms with Crippen LogP contribution in [0, 0.1) is 12.7 Å². The zero-order valence-electron chi connectivity index (χ0n) is 9.74. The number of thiazole rings is 1. The lowest BCUT2D eigenvalue weighted by Gasteiger charge is -2.05. The first-order valence-corrected chi connectivity index (χ1v) is 6.48. The van der Waals surface area contributed by atoms with E-state index in [9.17, 15) is 4.39 Å². The lowest BCUT2D eigenvalue weighted by atomic mass is 10.1. The summed E-state index contributed by atoms with van der Waals surface area (Å²) in [6.07, 6.45) is 0.713. The number of hydrogen-bond donors (Lipinski definition) is 1. The largest absolute Gasteiger partial charge is 0.311 e. The minimum absolute atomic E-state index is 0.122. The molecular formula is C13H15FN2S. The van der Waals surface area contributed by atoms with E-state index >= 15 is 0 Å². The maximum absolute atomic E-state index is 13.3. The van der Waals surface area contributed by atoms with E-state index in [1.165, 1.54) is 10.9 Å². The molecule has 2 aromatic rings. The van der Waals surface area contributed by atoms with E-state index < -0.39 is 0 Å². The molecule has 2 rings (SSSR count). The summed E-state index contributed by atoms with van der Waals surface area (Å²) in [5.41, 5.74) is 3.69. The predicted molar refractivity (Wildman–Crippen MR) is 68.7 cm³/mol. The second-order valence-electron chi connectivity index (χ2n) is 3.88. The van der Waals surface area contributed by atoms with Gasteiger partial charge in [-0.25, -0.2) is 9.37 Å². The van der Waals surface area contributed by atoms with Crippen molar-refractivity contribution in [3.05, 3.63) is 51.7 Å². The number of nitrogens with one attached hydrogen (secondary N) is 1. The van der Waals surface area contributed by atoms with Crippen molar-refractivity contribution in [3.63, 3.8) is 0 Å². The highest BCUT2D eigenvalue weighted by Crippen LogP contribution is 2.11. The van der Waals surface area contributed by atoms with Gasteiger partial charge in [0.1, 0.15) is 5.82 Å². The molecule has 0 aliphatic heterocycles. The maximum Gasteiger partial charge on any atom is 0.126 e. The molecule has 1 N–H and O–H groups in total. The molecule has 4 heteroatoms. The van der Waals surface area contributed by atoms with Gasteiger partial charge < -0.3 is 5.32 Å². The molecule has 1 heterocycles. The molecule has 17 heavy (non-hydrogen) atoms. The van der Waals surface area contributed by atoms with Gasteiger partial charge in [-0.1, -0.05) is 18.2 Å². The van der Waals surface area contributed by atoms with E-state index in [0.717, 1.165) is 24.3 Å². The third-order valence-corrected chi connectivity index (χ3v) is 3.59. The number of hydrogen-bond acceptors (Lipinski definition) is 3. The van der Waals surface area contributed by atoms with Gasteiger partial charge in [0.2, 0.25) is 0 Å². The molecule has 2 nitrogen and oxygen atoms in total. The molecule has 0 atom stereocenters. The van der Waals surface area contributed by atoms with Gasteiger partial charge in [-0.05, 0) is 31.5 Å². The summed E-state index contributed by atoms with van der Waals surface area (Å²) in [5.74, 6) is -0.122. The Balaban J connectivity index is 1.77. The average Bonchev–Trinajstić information content (AvgIpc) is 2.73. The molecular weight excluding hydrogens is 235 g/mol. The quantitative estimate of drug-likeness (QED) is 0.825. The van der Waals surface area contributed by atoms with Crippen LogP contribution in [-0.4, -0.2) is 11.5 Å². The summed E-state index contributed by atoms with van der Waals surface area (Å²) < 4.78 is 13.3. The lowest BCUT2D eigenvalue weighted by Crippen LogP contribution is -2.17. The molecule has 0 saturated carbocycles. The van der Waals surface area contributed by atoms with Crippen molar-refractivity contribution < 1.29 is 4.39 Å². The van der Waals surface area contributed by atoms with Crippen molar-refractivity contribution in [2.24, 2.45) is 0 Å². The number of aryl methyl sites for hydroxylation is 1. The van der Waals surface area contributed by atoms with Crippen LogP contribution in [-0.2, 0) is 13.0 Å². The first kappa shape index (κ1) is 12.2. The zero-order chi connectivity index (χ0) is 12.1. The Morgan fingerprint density at radius 1 is 1.35 bits per heavy atom. The molecule has 0 spiro atoms. The summed E-state index contributed by atoms with van der Waals surface area (Å²) in [6, 6.07) is 6.91. The van der Waals surface area contributed by atoms with Crippen LogP contribution in [0.25, 0.3) is 0 Å². The molecule has 0 aliphatic carbocycles. The molecule has 0 saturated heterocycles. The van der Waals surface area contributed by atoms with Crippen LogP contribution in [0.2, 0.25) is 0 Å². The molecule has 0 amide bonds. The van der Waals surface area contributed by atoms with E-state index in [4.69, 9.17) is 0 Å². The van der Waals surface area contributed by atoms with Gasteiger partial charge in [0.15, 0.2) is 0 Å². The Hall–Kier alpha value is -1.26. The monoisotopic (exact) mass is 250 g/mol. The summed E-state index contributed by atoms with van der Waals surface area (Å²) >= 11 is 1.65. The Bertz CT molecular complexity index is 482. The SMILES string of the molecule is Cc1ncsc1CNCCc1ccccc1F. The normalized spacial score (nSPS) is 10.7. The second kappa shape index (κ2) is 5.89. The standard InChI is InChI=1S/C13H15FN2S/c1-10-13(17-9-16-10)8-15-7-6-11-4-2-3-5-12(11)14/h2-5,9,15H,6-8H2,1H3. The lowest BCUT2D eigenvalue weighted by molar-refractivity contribution is 0.598. The summed E-state index contributed by atoms with van der Waals surface area (Å²) in [6.45, 7) is 3.59. The van der Waals surface area contributed by atoms with Crippen LogP contribution < -0.4 is 5.32 Å². The maximum atomic E-state index is 13.3. The molecule has 0 aliphatic rings. The van der Waals surface area contributed by atoms with Crippen molar-refractivity contribution in [2.75, 3.05) is 6.54 Å². The minimum atomic E-state index is -0.122. The number of halogens is 1. The van der Waals surface area contributed by atoms with E-state index in [2.05, 4.69) is 10.3 Å². The smallest absolute Gasteiger partial charge is 0.126 e. The number of benzene rings is 1. The van der Waals surface area contributed by atoms with Crippen LogP contribution in [0.1, 0.15) is 16.1 Å². The fraction of sp³-hybridized carbons (Fsp3) is 0.308. The van der Waals surface area contributed by atoms with Crippen molar-refractivity contribution in [3.8, 4) is 0 Å².